The minimum Gasteiger partial charge on any atom is -0.339 e. The second-order valence-electron chi connectivity index (χ2n) is 5.69. The summed E-state index contributed by atoms with van der Waals surface area (Å²) < 4.78 is 0. The highest BCUT2D eigenvalue weighted by atomic mass is 16.2. The minimum atomic E-state index is 0.246. The highest BCUT2D eigenvalue weighted by Crippen LogP contribution is 2.36. The van der Waals surface area contributed by atoms with Gasteiger partial charge in [-0.2, -0.15) is 0 Å². The topological polar surface area (TPSA) is 32.3 Å². The first kappa shape index (κ1) is 11.3. The Bertz CT molecular complexity index is 331. The first-order valence-corrected chi connectivity index (χ1v) is 6.97. The first-order valence-electron chi connectivity index (χ1n) is 6.97. The summed E-state index contributed by atoms with van der Waals surface area (Å²) in [7, 11) is 0. The van der Waals surface area contributed by atoms with Gasteiger partial charge in [0, 0.05) is 31.6 Å². The van der Waals surface area contributed by atoms with Gasteiger partial charge in [-0.05, 0) is 31.1 Å². The predicted molar refractivity (Wildman–Crippen MR) is 67.5 cm³/mol. The molecule has 0 bridgehead atoms. The number of allylic oxidation sites excluding steroid dienone is 2. The van der Waals surface area contributed by atoms with Gasteiger partial charge in [0.15, 0.2) is 0 Å². The van der Waals surface area contributed by atoms with Crippen LogP contribution in [0.1, 0.15) is 26.2 Å². The Balaban J connectivity index is 1.72. The van der Waals surface area contributed by atoms with Gasteiger partial charge in [-0.3, -0.25) is 4.79 Å². The number of amides is 1. The number of carbonyl (C=O) groups is 1. The molecule has 1 N–H and O–H groups in total. The van der Waals surface area contributed by atoms with Crippen LogP contribution in [0.3, 0.4) is 0 Å². The quantitative estimate of drug-likeness (QED) is 0.733. The molecule has 3 heteroatoms. The average Bonchev–Trinajstić information content (AvgIpc) is 3.03. The lowest BCUT2D eigenvalue weighted by Crippen LogP contribution is -2.42. The molecule has 0 aromatic heterocycles. The first-order chi connectivity index (χ1) is 8.31. The molecule has 3 unspecified atom stereocenters. The van der Waals surface area contributed by atoms with Crippen LogP contribution in [0, 0.1) is 17.8 Å². The van der Waals surface area contributed by atoms with E-state index in [-0.39, 0.29) is 5.92 Å². The van der Waals surface area contributed by atoms with Crippen molar-refractivity contribution in [2.75, 3.05) is 19.6 Å². The fourth-order valence-electron chi connectivity index (χ4n) is 3.85. The van der Waals surface area contributed by atoms with Crippen LogP contribution in [0.15, 0.2) is 12.2 Å². The van der Waals surface area contributed by atoms with Crippen LogP contribution in [0.5, 0.6) is 0 Å². The van der Waals surface area contributed by atoms with Crippen LogP contribution in [0.4, 0.5) is 0 Å². The van der Waals surface area contributed by atoms with Crippen molar-refractivity contribution in [3.8, 4) is 0 Å². The van der Waals surface area contributed by atoms with Gasteiger partial charge in [-0.15, -0.1) is 0 Å². The Morgan fingerprint density at radius 1 is 1.35 bits per heavy atom. The molecule has 2 saturated heterocycles. The van der Waals surface area contributed by atoms with Gasteiger partial charge in [0.25, 0.3) is 0 Å². The Morgan fingerprint density at radius 3 is 2.82 bits per heavy atom. The zero-order valence-electron chi connectivity index (χ0n) is 10.6. The van der Waals surface area contributed by atoms with Crippen LogP contribution in [-0.2, 0) is 4.79 Å². The monoisotopic (exact) mass is 234 g/mol. The van der Waals surface area contributed by atoms with Crippen molar-refractivity contribution in [2.24, 2.45) is 17.8 Å². The van der Waals surface area contributed by atoms with E-state index in [4.69, 9.17) is 0 Å². The van der Waals surface area contributed by atoms with E-state index in [1.807, 2.05) is 0 Å². The molecule has 3 nitrogen and oxygen atoms in total. The van der Waals surface area contributed by atoms with Gasteiger partial charge >= 0.3 is 0 Å². The Kier molecular flexibility index (Phi) is 2.95. The molecule has 1 aliphatic carbocycles. The molecule has 0 aromatic carbocycles. The number of nitrogens with zero attached hydrogens (tertiary/aromatic N) is 1. The summed E-state index contributed by atoms with van der Waals surface area (Å²) in [5.74, 6) is 2.07. The van der Waals surface area contributed by atoms with Gasteiger partial charge in [0.05, 0.1) is 0 Å². The number of rotatable bonds is 2. The van der Waals surface area contributed by atoms with Crippen LogP contribution in [-0.4, -0.2) is 36.5 Å². The van der Waals surface area contributed by atoms with Gasteiger partial charge in [0.1, 0.15) is 0 Å². The Labute approximate surface area is 103 Å². The molecule has 2 fully saturated rings. The maximum absolute atomic E-state index is 12.5. The molecule has 94 valence electrons. The zero-order chi connectivity index (χ0) is 11.8. The molecule has 0 spiro atoms. The number of hydrogen-bond donors (Lipinski definition) is 1. The summed E-state index contributed by atoms with van der Waals surface area (Å²) in [6, 6.07) is 0.489. The van der Waals surface area contributed by atoms with Gasteiger partial charge in [0.2, 0.25) is 5.91 Å². The average molecular weight is 234 g/mol. The van der Waals surface area contributed by atoms with E-state index in [9.17, 15) is 4.79 Å². The third-order valence-corrected chi connectivity index (χ3v) is 4.78. The van der Waals surface area contributed by atoms with Crippen molar-refractivity contribution < 1.29 is 4.79 Å². The molecule has 2 heterocycles. The van der Waals surface area contributed by atoms with Gasteiger partial charge in [-0.1, -0.05) is 19.1 Å². The Hall–Kier alpha value is -0.830. The molecule has 3 aliphatic rings. The number of hydrogen-bond acceptors (Lipinski definition) is 2. The molecule has 17 heavy (non-hydrogen) atoms. The molecule has 1 amide bonds. The number of fused-ring (bicyclic) bond motifs is 1. The van der Waals surface area contributed by atoms with Crippen LogP contribution < -0.4 is 5.32 Å². The lowest BCUT2D eigenvalue weighted by atomic mass is 9.92. The lowest BCUT2D eigenvalue weighted by molar-refractivity contribution is -0.136. The molecule has 3 rings (SSSR count). The molecule has 3 atom stereocenters. The second kappa shape index (κ2) is 4.45. The fourth-order valence-corrected chi connectivity index (χ4v) is 3.85. The Morgan fingerprint density at radius 2 is 2.12 bits per heavy atom. The standard InChI is InChI=1S/C14H22N2O/c1-2-13-12-8-15-7-11(12)9-16(13)14(17)10-5-3-4-6-10/h3-4,10-13,15H,2,5-9H2,1H3. The molecular weight excluding hydrogens is 212 g/mol. The van der Waals surface area contributed by atoms with Crippen molar-refractivity contribution in [1.82, 2.24) is 10.2 Å². The van der Waals surface area contributed by atoms with E-state index in [1.54, 1.807) is 0 Å². The van der Waals surface area contributed by atoms with Crippen LogP contribution >= 0.6 is 0 Å². The highest BCUT2D eigenvalue weighted by Gasteiger charge is 2.46. The molecule has 2 aliphatic heterocycles. The maximum atomic E-state index is 12.5. The molecular formula is C14H22N2O. The zero-order valence-corrected chi connectivity index (χ0v) is 10.6. The molecule has 0 radical (unpaired) electrons. The summed E-state index contributed by atoms with van der Waals surface area (Å²) in [6.07, 6.45) is 7.33. The fraction of sp³-hybridized carbons (Fsp3) is 0.786. The lowest BCUT2D eigenvalue weighted by Gasteiger charge is -2.29. The van der Waals surface area contributed by atoms with Gasteiger partial charge in [-0.25, -0.2) is 0 Å². The van der Waals surface area contributed by atoms with E-state index in [2.05, 4.69) is 29.3 Å². The van der Waals surface area contributed by atoms with E-state index in [0.29, 0.717) is 23.8 Å². The summed E-state index contributed by atoms with van der Waals surface area (Å²) in [6.45, 7) is 5.42. The van der Waals surface area contributed by atoms with E-state index in [0.717, 1.165) is 38.9 Å². The van der Waals surface area contributed by atoms with Crippen molar-refractivity contribution in [3.63, 3.8) is 0 Å². The molecule has 0 saturated carbocycles. The normalized spacial score (nSPS) is 36.8. The SMILES string of the molecule is CCC1C2CNCC2CN1C(=O)C1CC=CC1. The van der Waals surface area contributed by atoms with Crippen LogP contribution in [0.25, 0.3) is 0 Å². The predicted octanol–water partition coefficient (Wildman–Crippen LogP) is 1.41. The summed E-state index contributed by atoms with van der Waals surface area (Å²) in [5.41, 5.74) is 0. The van der Waals surface area contributed by atoms with E-state index < -0.39 is 0 Å². The van der Waals surface area contributed by atoms with E-state index in [1.165, 1.54) is 0 Å². The van der Waals surface area contributed by atoms with Crippen molar-refractivity contribution in [2.45, 2.75) is 32.2 Å². The smallest absolute Gasteiger partial charge is 0.226 e. The largest absolute Gasteiger partial charge is 0.339 e. The highest BCUT2D eigenvalue weighted by molar-refractivity contribution is 5.80. The summed E-state index contributed by atoms with van der Waals surface area (Å²) in [4.78, 5) is 14.7. The number of carbonyl (C=O) groups excluding carboxylic acids is 1. The van der Waals surface area contributed by atoms with Crippen LogP contribution in [0.2, 0.25) is 0 Å². The van der Waals surface area contributed by atoms with Crippen molar-refractivity contribution >= 4 is 5.91 Å². The third kappa shape index (κ3) is 1.81. The maximum Gasteiger partial charge on any atom is 0.226 e. The van der Waals surface area contributed by atoms with Crippen molar-refractivity contribution in [3.05, 3.63) is 12.2 Å². The van der Waals surface area contributed by atoms with E-state index >= 15 is 0 Å². The van der Waals surface area contributed by atoms with Crippen molar-refractivity contribution in [1.29, 1.82) is 0 Å². The number of likely N-dealkylation sites (tertiary alicyclic amines) is 1. The minimum absolute atomic E-state index is 0.246. The summed E-state index contributed by atoms with van der Waals surface area (Å²) in [5, 5.41) is 3.47. The summed E-state index contributed by atoms with van der Waals surface area (Å²) >= 11 is 0. The third-order valence-electron chi connectivity index (χ3n) is 4.78. The second-order valence-corrected chi connectivity index (χ2v) is 5.69. The molecule has 0 aromatic rings. The van der Waals surface area contributed by atoms with Gasteiger partial charge < -0.3 is 10.2 Å². The number of nitrogens with one attached hydrogen (secondary N) is 1.